The van der Waals surface area contributed by atoms with E-state index in [1.165, 1.54) is 0 Å². The summed E-state index contributed by atoms with van der Waals surface area (Å²) < 4.78 is 27.7. The fourth-order valence-electron chi connectivity index (χ4n) is 2.14. The van der Waals surface area contributed by atoms with Gasteiger partial charge in [0.05, 0.1) is 11.4 Å². The van der Waals surface area contributed by atoms with Crippen molar-refractivity contribution in [2.45, 2.75) is 44.2 Å². The van der Waals surface area contributed by atoms with Crippen molar-refractivity contribution in [3.8, 4) is 0 Å². The van der Waals surface area contributed by atoms with Gasteiger partial charge >= 0.3 is 0 Å². The maximum atomic E-state index is 12.5. The van der Waals surface area contributed by atoms with Crippen molar-refractivity contribution in [2.75, 3.05) is 18.6 Å². The summed E-state index contributed by atoms with van der Waals surface area (Å²) in [6.45, 7) is 4.72. The van der Waals surface area contributed by atoms with Crippen LogP contribution >= 0.6 is 11.8 Å². The molecule has 2 rings (SSSR count). The van der Waals surface area contributed by atoms with E-state index in [-0.39, 0.29) is 0 Å². The number of aromatic nitrogens is 2. The number of aryl methyl sites for hydroxylation is 1. The van der Waals surface area contributed by atoms with E-state index in [4.69, 9.17) is 0 Å². The first-order valence-corrected chi connectivity index (χ1v) is 10.1. The first-order chi connectivity index (χ1) is 9.94. The molecule has 0 radical (unpaired) electrons. The topological polar surface area (TPSA) is 86.9 Å². The number of aromatic amines is 1. The predicted molar refractivity (Wildman–Crippen MR) is 85.9 cm³/mol. The van der Waals surface area contributed by atoms with Crippen LogP contribution in [0.25, 0.3) is 0 Å². The van der Waals surface area contributed by atoms with Crippen LogP contribution in [0.15, 0.2) is 4.90 Å². The van der Waals surface area contributed by atoms with Crippen molar-refractivity contribution >= 4 is 21.8 Å². The summed E-state index contributed by atoms with van der Waals surface area (Å²) in [6.07, 6.45) is 4.35. The van der Waals surface area contributed by atoms with E-state index in [1.807, 2.05) is 13.2 Å². The van der Waals surface area contributed by atoms with Crippen molar-refractivity contribution in [3.05, 3.63) is 11.4 Å². The van der Waals surface area contributed by atoms with Gasteiger partial charge in [0.1, 0.15) is 4.90 Å². The molecule has 3 N–H and O–H groups in total. The number of nitrogens with one attached hydrogen (secondary N) is 3. The number of rotatable bonds is 9. The summed E-state index contributed by atoms with van der Waals surface area (Å²) in [6, 6.07) is 0.520. The SMILES string of the molecule is CSCC(C)CNS(=O)(=O)c1c(CNC2CC2)n[nH]c1C. The van der Waals surface area contributed by atoms with Crippen molar-refractivity contribution in [1.29, 1.82) is 0 Å². The first kappa shape index (κ1) is 16.8. The molecule has 8 heteroatoms. The minimum Gasteiger partial charge on any atom is -0.308 e. The highest BCUT2D eigenvalue weighted by Gasteiger charge is 2.26. The molecular formula is C13H24N4O2S2. The highest BCUT2D eigenvalue weighted by molar-refractivity contribution is 7.98. The number of hydrogen-bond donors (Lipinski definition) is 3. The summed E-state index contributed by atoms with van der Waals surface area (Å²) in [7, 11) is -3.51. The Hall–Kier alpha value is -0.570. The fraction of sp³-hybridized carbons (Fsp3) is 0.769. The molecule has 1 atom stereocenters. The normalized spacial score (nSPS) is 17.1. The van der Waals surface area contributed by atoms with Gasteiger partial charge < -0.3 is 5.32 Å². The minimum atomic E-state index is -3.51. The molecule has 0 aliphatic heterocycles. The van der Waals surface area contributed by atoms with Crippen molar-refractivity contribution in [1.82, 2.24) is 20.2 Å². The Labute approximate surface area is 130 Å². The maximum Gasteiger partial charge on any atom is 0.244 e. The molecule has 120 valence electrons. The van der Waals surface area contributed by atoms with E-state index in [0.717, 1.165) is 18.6 Å². The quantitative estimate of drug-likeness (QED) is 0.633. The van der Waals surface area contributed by atoms with Crippen LogP contribution in [0.3, 0.4) is 0 Å². The van der Waals surface area contributed by atoms with E-state index >= 15 is 0 Å². The van der Waals surface area contributed by atoms with Crippen LogP contribution in [-0.2, 0) is 16.6 Å². The summed E-state index contributed by atoms with van der Waals surface area (Å²) in [4.78, 5) is 0.298. The van der Waals surface area contributed by atoms with Crippen molar-refractivity contribution in [3.63, 3.8) is 0 Å². The largest absolute Gasteiger partial charge is 0.308 e. The number of nitrogens with zero attached hydrogens (tertiary/aromatic N) is 1. The molecule has 1 unspecified atom stereocenters. The molecule has 1 saturated carbocycles. The van der Waals surface area contributed by atoms with Gasteiger partial charge in [0.25, 0.3) is 0 Å². The van der Waals surface area contributed by atoms with Gasteiger partial charge in [-0.25, -0.2) is 13.1 Å². The zero-order valence-corrected chi connectivity index (χ0v) is 14.4. The highest BCUT2D eigenvalue weighted by Crippen LogP contribution is 2.22. The molecule has 0 aromatic carbocycles. The zero-order valence-electron chi connectivity index (χ0n) is 12.8. The van der Waals surface area contributed by atoms with Crippen LogP contribution in [0.2, 0.25) is 0 Å². The zero-order chi connectivity index (χ0) is 15.5. The minimum absolute atomic E-state index is 0.298. The lowest BCUT2D eigenvalue weighted by Crippen LogP contribution is -2.30. The molecule has 1 fully saturated rings. The van der Waals surface area contributed by atoms with Gasteiger partial charge in [-0.15, -0.1) is 0 Å². The Morgan fingerprint density at radius 2 is 2.19 bits per heavy atom. The summed E-state index contributed by atoms with van der Waals surface area (Å²) in [5, 5.41) is 10.2. The molecule has 0 saturated heterocycles. The molecule has 0 spiro atoms. The van der Waals surface area contributed by atoms with Crippen LogP contribution in [0.1, 0.15) is 31.2 Å². The Balaban J connectivity index is 2.05. The predicted octanol–water partition coefficient (Wildman–Crippen LogP) is 1.25. The molecule has 1 aliphatic rings. The lowest BCUT2D eigenvalue weighted by Gasteiger charge is -2.12. The van der Waals surface area contributed by atoms with Gasteiger partial charge in [-0.05, 0) is 37.7 Å². The van der Waals surface area contributed by atoms with E-state index in [0.29, 0.717) is 41.3 Å². The molecular weight excluding hydrogens is 308 g/mol. The lowest BCUT2D eigenvalue weighted by molar-refractivity contribution is 0.559. The van der Waals surface area contributed by atoms with Crippen LogP contribution < -0.4 is 10.0 Å². The highest BCUT2D eigenvalue weighted by atomic mass is 32.2. The van der Waals surface area contributed by atoms with Crippen LogP contribution in [-0.4, -0.2) is 43.2 Å². The number of thioether (sulfide) groups is 1. The number of hydrogen-bond acceptors (Lipinski definition) is 5. The number of sulfonamides is 1. The molecule has 6 nitrogen and oxygen atoms in total. The maximum absolute atomic E-state index is 12.5. The van der Waals surface area contributed by atoms with E-state index in [1.54, 1.807) is 18.7 Å². The van der Waals surface area contributed by atoms with E-state index < -0.39 is 10.0 Å². The Kier molecular flexibility index (Phi) is 5.70. The second-order valence-electron chi connectivity index (χ2n) is 5.69. The molecule has 1 heterocycles. The molecule has 1 aromatic heterocycles. The third-order valence-corrected chi connectivity index (χ3v) is 5.97. The van der Waals surface area contributed by atoms with Crippen molar-refractivity contribution in [2.24, 2.45) is 5.92 Å². The first-order valence-electron chi connectivity index (χ1n) is 7.20. The lowest BCUT2D eigenvalue weighted by atomic mass is 10.2. The van der Waals surface area contributed by atoms with E-state index in [2.05, 4.69) is 20.2 Å². The van der Waals surface area contributed by atoms with Gasteiger partial charge in [-0.2, -0.15) is 16.9 Å². The standard InChI is InChI=1S/C13H24N4O2S2/c1-9(8-20-3)6-15-21(18,19)13-10(2)16-17-12(13)7-14-11-4-5-11/h9,11,14-15H,4-8H2,1-3H3,(H,16,17). The number of H-pyrrole nitrogens is 1. The van der Waals surface area contributed by atoms with Crippen molar-refractivity contribution < 1.29 is 8.42 Å². The van der Waals surface area contributed by atoms with Crippen LogP contribution in [0, 0.1) is 12.8 Å². The summed E-state index contributed by atoms with van der Waals surface area (Å²) >= 11 is 1.72. The average Bonchev–Trinajstić information content (AvgIpc) is 3.17. The Morgan fingerprint density at radius 3 is 2.81 bits per heavy atom. The third-order valence-electron chi connectivity index (χ3n) is 3.44. The monoisotopic (exact) mass is 332 g/mol. The third kappa shape index (κ3) is 4.70. The van der Waals surface area contributed by atoms with E-state index in [9.17, 15) is 8.42 Å². The van der Waals surface area contributed by atoms with Gasteiger partial charge in [0, 0.05) is 19.1 Å². The second kappa shape index (κ2) is 7.13. The second-order valence-corrected chi connectivity index (χ2v) is 8.31. The molecule has 0 amide bonds. The van der Waals surface area contributed by atoms with Gasteiger partial charge in [-0.3, -0.25) is 5.10 Å². The van der Waals surface area contributed by atoms with Gasteiger partial charge in [0.2, 0.25) is 10.0 Å². The summed E-state index contributed by atoms with van der Waals surface area (Å²) in [5.74, 6) is 1.23. The van der Waals surface area contributed by atoms with Crippen LogP contribution in [0.4, 0.5) is 0 Å². The molecule has 0 bridgehead atoms. The summed E-state index contributed by atoms with van der Waals surface area (Å²) in [5.41, 5.74) is 1.16. The molecule has 1 aromatic rings. The smallest absolute Gasteiger partial charge is 0.244 e. The Morgan fingerprint density at radius 1 is 1.48 bits per heavy atom. The molecule has 21 heavy (non-hydrogen) atoms. The van der Waals surface area contributed by atoms with Crippen LogP contribution in [0.5, 0.6) is 0 Å². The van der Waals surface area contributed by atoms with Gasteiger partial charge in [-0.1, -0.05) is 6.92 Å². The average molecular weight is 332 g/mol. The van der Waals surface area contributed by atoms with Gasteiger partial charge in [0.15, 0.2) is 0 Å². The Bertz CT molecular complexity index is 567. The molecule has 1 aliphatic carbocycles. The fourth-order valence-corrected chi connectivity index (χ4v) is 4.35.